The van der Waals surface area contributed by atoms with Crippen molar-refractivity contribution in [3.05, 3.63) is 83.4 Å². The Morgan fingerprint density at radius 2 is 1.66 bits per heavy atom. The number of nitrogens with zero attached hydrogens (tertiary/aromatic N) is 3. The minimum absolute atomic E-state index is 0.0287. The Bertz CT molecular complexity index is 1410. The maximum Gasteiger partial charge on any atom is 0.257 e. The van der Waals surface area contributed by atoms with Gasteiger partial charge in [-0.05, 0) is 60.7 Å². The van der Waals surface area contributed by atoms with E-state index in [2.05, 4.69) is 0 Å². The van der Waals surface area contributed by atoms with Crippen LogP contribution in [0, 0.1) is 23.0 Å². The van der Waals surface area contributed by atoms with E-state index in [1.807, 2.05) is 4.90 Å². The molecule has 4 rings (SSSR count). The number of halogens is 2. The summed E-state index contributed by atoms with van der Waals surface area (Å²) in [4.78, 5) is 16.8. The summed E-state index contributed by atoms with van der Waals surface area (Å²) in [5.74, 6) is -1.03. The minimum Gasteiger partial charge on any atom is -0.457 e. The second-order valence-corrected chi connectivity index (χ2v) is 10.1. The summed E-state index contributed by atoms with van der Waals surface area (Å²) >= 11 is 0. The van der Waals surface area contributed by atoms with Crippen molar-refractivity contribution < 1.29 is 26.7 Å². The number of carbonyl (C=O) groups is 1. The second kappa shape index (κ2) is 9.72. The van der Waals surface area contributed by atoms with Gasteiger partial charge in [-0.25, -0.2) is 17.2 Å². The van der Waals surface area contributed by atoms with Gasteiger partial charge in [0.2, 0.25) is 0 Å². The third-order valence-corrected chi connectivity index (χ3v) is 6.77. The van der Waals surface area contributed by atoms with E-state index in [-0.39, 0.29) is 21.8 Å². The second-order valence-electron chi connectivity index (χ2n) is 8.04. The standard InChI is InChI=1S/C25H21F2N3O4S/c1-35(32,33)21-8-9-24(34-20-6-3-18(26)4-7-20)22(15-21)25(31)30-12-10-29(11-13-30)19-5-2-17(16-28)23(27)14-19/h2-9,14-15H,10-13H2,1H3. The van der Waals surface area contributed by atoms with E-state index in [9.17, 15) is 22.0 Å². The van der Waals surface area contributed by atoms with Crippen molar-refractivity contribution in [2.45, 2.75) is 4.90 Å². The smallest absolute Gasteiger partial charge is 0.257 e. The first-order valence-electron chi connectivity index (χ1n) is 10.7. The van der Waals surface area contributed by atoms with E-state index < -0.39 is 27.4 Å². The average Bonchev–Trinajstić information content (AvgIpc) is 2.84. The Hall–Kier alpha value is -3.97. The van der Waals surface area contributed by atoms with Gasteiger partial charge in [0, 0.05) is 38.1 Å². The fraction of sp³-hybridized carbons (Fsp3) is 0.200. The molecule has 0 atom stereocenters. The molecular weight excluding hydrogens is 476 g/mol. The Morgan fingerprint density at radius 3 is 2.26 bits per heavy atom. The number of anilines is 1. The monoisotopic (exact) mass is 497 g/mol. The molecule has 0 aromatic heterocycles. The molecule has 0 N–H and O–H groups in total. The number of nitriles is 1. The van der Waals surface area contributed by atoms with Crippen LogP contribution in [0.2, 0.25) is 0 Å². The van der Waals surface area contributed by atoms with Crippen molar-refractivity contribution in [3.63, 3.8) is 0 Å². The molecule has 1 aliphatic rings. The number of hydrogen-bond acceptors (Lipinski definition) is 6. The first kappa shape index (κ1) is 24.2. The van der Waals surface area contributed by atoms with Crippen molar-refractivity contribution >= 4 is 21.4 Å². The van der Waals surface area contributed by atoms with Crippen LogP contribution in [0.4, 0.5) is 14.5 Å². The molecule has 7 nitrogen and oxygen atoms in total. The Morgan fingerprint density at radius 1 is 0.971 bits per heavy atom. The molecule has 180 valence electrons. The minimum atomic E-state index is -3.58. The van der Waals surface area contributed by atoms with Crippen molar-refractivity contribution in [2.75, 3.05) is 37.3 Å². The van der Waals surface area contributed by atoms with Crippen LogP contribution in [-0.4, -0.2) is 51.7 Å². The molecule has 1 heterocycles. The fourth-order valence-electron chi connectivity index (χ4n) is 3.75. The number of ether oxygens (including phenoxy) is 1. The zero-order valence-corrected chi connectivity index (χ0v) is 19.6. The lowest BCUT2D eigenvalue weighted by molar-refractivity contribution is 0.0744. The van der Waals surface area contributed by atoms with Crippen molar-refractivity contribution in [1.29, 1.82) is 5.26 Å². The summed E-state index contributed by atoms with van der Waals surface area (Å²) in [6, 6.07) is 15.4. The third kappa shape index (κ3) is 5.41. The maximum atomic E-state index is 14.0. The molecule has 0 saturated carbocycles. The van der Waals surface area contributed by atoms with E-state index in [0.29, 0.717) is 37.6 Å². The van der Waals surface area contributed by atoms with Gasteiger partial charge in [-0.1, -0.05) is 0 Å². The highest BCUT2D eigenvalue weighted by Gasteiger charge is 2.26. The summed E-state index contributed by atoms with van der Waals surface area (Å²) in [7, 11) is -3.58. The number of hydrogen-bond donors (Lipinski definition) is 0. The fourth-order valence-corrected chi connectivity index (χ4v) is 4.40. The van der Waals surface area contributed by atoms with Gasteiger partial charge in [0.1, 0.15) is 29.2 Å². The van der Waals surface area contributed by atoms with Gasteiger partial charge < -0.3 is 14.5 Å². The summed E-state index contributed by atoms with van der Waals surface area (Å²) in [5, 5.41) is 8.91. The molecule has 1 amide bonds. The molecule has 3 aromatic carbocycles. The lowest BCUT2D eigenvalue weighted by Crippen LogP contribution is -2.48. The van der Waals surface area contributed by atoms with Crippen LogP contribution >= 0.6 is 0 Å². The number of carbonyl (C=O) groups excluding carboxylic acids is 1. The number of rotatable bonds is 5. The van der Waals surface area contributed by atoms with Gasteiger partial charge >= 0.3 is 0 Å². The molecule has 0 bridgehead atoms. The predicted molar refractivity (Wildman–Crippen MR) is 125 cm³/mol. The van der Waals surface area contributed by atoms with E-state index >= 15 is 0 Å². The van der Waals surface area contributed by atoms with E-state index in [0.717, 1.165) is 6.26 Å². The van der Waals surface area contributed by atoms with Crippen molar-refractivity contribution in [1.82, 2.24) is 4.90 Å². The van der Waals surface area contributed by atoms with E-state index in [4.69, 9.17) is 10.00 Å². The SMILES string of the molecule is CS(=O)(=O)c1ccc(Oc2ccc(F)cc2)c(C(=O)N2CCN(c3ccc(C#N)c(F)c3)CC2)c1. The molecule has 3 aromatic rings. The lowest BCUT2D eigenvalue weighted by Gasteiger charge is -2.36. The normalized spacial score (nSPS) is 13.9. The van der Waals surface area contributed by atoms with Gasteiger partial charge in [0.05, 0.1) is 16.0 Å². The lowest BCUT2D eigenvalue weighted by atomic mass is 10.1. The molecule has 1 fully saturated rings. The zero-order valence-electron chi connectivity index (χ0n) is 18.7. The van der Waals surface area contributed by atoms with Crippen LogP contribution in [0.1, 0.15) is 15.9 Å². The third-order valence-electron chi connectivity index (χ3n) is 5.66. The largest absolute Gasteiger partial charge is 0.457 e. The molecule has 0 spiro atoms. The van der Waals surface area contributed by atoms with Gasteiger partial charge in [-0.2, -0.15) is 5.26 Å². The topological polar surface area (TPSA) is 90.7 Å². The van der Waals surface area contributed by atoms with Gasteiger partial charge in [0.25, 0.3) is 5.91 Å². The number of piperazine rings is 1. The van der Waals surface area contributed by atoms with Crippen LogP contribution < -0.4 is 9.64 Å². The molecule has 10 heteroatoms. The molecule has 0 unspecified atom stereocenters. The quantitative estimate of drug-likeness (QED) is 0.529. The molecule has 35 heavy (non-hydrogen) atoms. The van der Waals surface area contributed by atoms with Crippen LogP contribution in [-0.2, 0) is 9.84 Å². The summed E-state index contributed by atoms with van der Waals surface area (Å²) in [6.45, 7) is 1.44. The molecule has 0 radical (unpaired) electrons. The first-order chi connectivity index (χ1) is 16.7. The summed E-state index contributed by atoms with van der Waals surface area (Å²) in [6.07, 6.45) is 1.05. The summed E-state index contributed by atoms with van der Waals surface area (Å²) in [5.41, 5.74) is 0.630. The highest BCUT2D eigenvalue weighted by Crippen LogP contribution is 2.30. The highest BCUT2D eigenvalue weighted by atomic mass is 32.2. The van der Waals surface area contributed by atoms with Gasteiger partial charge in [-0.3, -0.25) is 4.79 Å². The van der Waals surface area contributed by atoms with Crippen LogP contribution in [0.3, 0.4) is 0 Å². The predicted octanol–water partition coefficient (Wildman–Crippen LogP) is 3.99. The van der Waals surface area contributed by atoms with Gasteiger partial charge in [-0.15, -0.1) is 0 Å². The summed E-state index contributed by atoms with van der Waals surface area (Å²) < 4.78 is 57.2. The Kier molecular flexibility index (Phi) is 6.71. The zero-order chi connectivity index (χ0) is 25.2. The number of sulfone groups is 1. The van der Waals surface area contributed by atoms with Gasteiger partial charge in [0.15, 0.2) is 9.84 Å². The molecule has 1 saturated heterocycles. The molecular formula is C25H21F2N3O4S. The van der Waals surface area contributed by atoms with Crippen LogP contribution in [0.25, 0.3) is 0 Å². The Balaban J connectivity index is 1.56. The van der Waals surface area contributed by atoms with Crippen LogP contribution in [0.15, 0.2) is 65.6 Å². The highest BCUT2D eigenvalue weighted by molar-refractivity contribution is 7.90. The van der Waals surface area contributed by atoms with Crippen LogP contribution in [0.5, 0.6) is 11.5 Å². The van der Waals surface area contributed by atoms with E-state index in [1.165, 1.54) is 54.6 Å². The Labute approximate surface area is 201 Å². The number of amides is 1. The average molecular weight is 498 g/mol. The van der Waals surface area contributed by atoms with Crippen molar-refractivity contribution in [2.24, 2.45) is 0 Å². The first-order valence-corrected chi connectivity index (χ1v) is 12.6. The van der Waals surface area contributed by atoms with E-state index in [1.54, 1.807) is 17.0 Å². The number of benzene rings is 3. The molecule has 0 aliphatic carbocycles. The maximum absolute atomic E-state index is 14.0. The molecule has 1 aliphatic heterocycles. The van der Waals surface area contributed by atoms with Crippen molar-refractivity contribution in [3.8, 4) is 17.6 Å².